The standard InChI is InChI=1S/C19H16ClNO3/c1-2-6-16(22)24-19-14-10-9-13(20)11-15(14)21-17(19)18(23)12-7-4-3-5-8-12/h3-5,7-11,21H,2,6H2,1H3. The lowest BCUT2D eigenvalue weighted by Gasteiger charge is -2.05. The predicted octanol–water partition coefficient (Wildman–Crippen LogP) is 4.76. The second kappa shape index (κ2) is 6.89. The number of aromatic amines is 1. The van der Waals surface area contributed by atoms with E-state index in [9.17, 15) is 9.59 Å². The molecular weight excluding hydrogens is 326 g/mol. The fourth-order valence-corrected chi connectivity index (χ4v) is 2.68. The highest BCUT2D eigenvalue weighted by Crippen LogP contribution is 2.33. The highest BCUT2D eigenvalue weighted by Gasteiger charge is 2.22. The van der Waals surface area contributed by atoms with Crippen molar-refractivity contribution < 1.29 is 14.3 Å². The third kappa shape index (κ3) is 3.19. The zero-order chi connectivity index (χ0) is 17.1. The lowest BCUT2D eigenvalue weighted by Crippen LogP contribution is -2.10. The fraction of sp³-hybridized carbons (Fsp3) is 0.158. The van der Waals surface area contributed by atoms with E-state index in [2.05, 4.69) is 4.98 Å². The van der Waals surface area contributed by atoms with Crippen molar-refractivity contribution in [1.82, 2.24) is 4.98 Å². The van der Waals surface area contributed by atoms with Crippen LogP contribution in [-0.4, -0.2) is 16.7 Å². The van der Waals surface area contributed by atoms with E-state index in [0.29, 0.717) is 34.3 Å². The lowest BCUT2D eigenvalue weighted by atomic mass is 10.1. The van der Waals surface area contributed by atoms with Crippen molar-refractivity contribution in [3.8, 4) is 5.75 Å². The molecule has 0 atom stereocenters. The van der Waals surface area contributed by atoms with Crippen LogP contribution in [0.1, 0.15) is 35.8 Å². The van der Waals surface area contributed by atoms with Crippen molar-refractivity contribution in [2.75, 3.05) is 0 Å². The SMILES string of the molecule is CCCC(=O)Oc1c(C(=O)c2ccccc2)[nH]c2cc(Cl)ccc12. The first-order valence-corrected chi connectivity index (χ1v) is 8.09. The number of carbonyl (C=O) groups excluding carboxylic acids is 2. The Balaban J connectivity index is 2.11. The van der Waals surface area contributed by atoms with Gasteiger partial charge in [-0.05, 0) is 24.6 Å². The van der Waals surface area contributed by atoms with Gasteiger partial charge in [0.2, 0.25) is 5.78 Å². The maximum atomic E-state index is 12.8. The van der Waals surface area contributed by atoms with Gasteiger partial charge in [-0.2, -0.15) is 0 Å². The highest BCUT2D eigenvalue weighted by molar-refractivity contribution is 6.31. The van der Waals surface area contributed by atoms with E-state index in [-0.39, 0.29) is 23.2 Å². The van der Waals surface area contributed by atoms with E-state index in [1.165, 1.54) is 0 Å². The van der Waals surface area contributed by atoms with Gasteiger partial charge in [-0.25, -0.2) is 0 Å². The zero-order valence-corrected chi connectivity index (χ0v) is 13.9. The molecule has 1 N–H and O–H groups in total. The highest BCUT2D eigenvalue weighted by atomic mass is 35.5. The van der Waals surface area contributed by atoms with Crippen molar-refractivity contribution in [3.63, 3.8) is 0 Å². The topological polar surface area (TPSA) is 59.2 Å². The van der Waals surface area contributed by atoms with Gasteiger partial charge in [0.05, 0.1) is 5.52 Å². The van der Waals surface area contributed by atoms with Crippen LogP contribution in [0.5, 0.6) is 5.75 Å². The number of hydrogen-bond acceptors (Lipinski definition) is 3. The molecule has 24 heavy (non-hydrogen) atoms. The number of hydrogen-bond donors (Lipinski definition) is 1. The summed E-state index contributed by atoms with van der Waals surface area (Å²) in [6.07, 6.45) is 0.966. The Morgan fingerprint density at radius 2 is 1.88 bits per heavy atom. The van der Waals surface area contributed by atoms with E-state index in [4.69, 9.17) is 16.3 Å². The molecule has 1 aromatic heterocycles. The maximum absolute atomic E-state index is 12.8. The molecular formula is C19H16ClNO3. The second-order valence-electron chi connectivity index (χ2n) is 5.44. The van der Waals surface area contributed by atoms with Crippen LogP contribution >= 0.6 is 11.6 Å². The normalized spacial score (nSPS) is 10.8. The van der Waals surface area contributed by atoms with Crippen LogP contribution in [-0.2, 0) is 4.79 Å². The van der Waals surface area contributed by atoms with Gasteiger partial charge >= 0.3 is 5.97 Å². The number of fused-ring (bicyclic) bond motifs is 1. The van der Waals surface area contributed by atoms with Crippen LogP contribution in [0.25, 0.3) is 10.9 Å². The molecule has 0 aliphatic carbocycles. The Kier molecular flexibility index (Phi) is 4.67. The Morgan fingerprint density at radius 1 is 1.12 bits per heavy atom. The minimum absolute atomic E-state index is 0.234. The average Bonchev–Trinajstić information content (AvgIpc) is 2.92. The van der Waals surface area contributed by atoms with Gasteiger partial charge in [-0.1, -0.05) is 48.9 Å². The smallest absolute Gasteiger partial charge is 0.311 e. The van der Waals surface area contributed by atoms with E-state index >= 15 is 0 Å². The van der Waals surface area contributed by atoms with Gasteiger partial charge < -0.3 is 9.72 Å². The van der Waals surface area contributed by atoms with Crippen LogP contribution in [0.4, 0.5) is 0 Å². The summed E-state index contributed by atoms with van der Waals surface area (Å²) >= 11 is 6.02. The Morgan fingerprint density at radius 3 is 2.58 bits per heavy atom. The predicted molar refractivity (Wildman–Crippen MR) is 93.7 cm³/mol. The van der Waals surface area contributed by atoms with E-state index in [0.717, 1.165) is 0 Å². The molecule has 0 saturated carbocycles. The third-order valence-electron chi connectivity index (χ3n) is 3.65. The first kappa shape index (κ1) is 16.3. The van der Waals surface area contributed by atoms with Crippen LogP contribution in [0, 0.1) is 0 Å². The van der Waals surface area contributed by atoms with Crippen molar-refractivity contribution in [2.45, 2.75) is 19.8 Å². The molecule has 0 saturated heterocycles. The van der Waals surface area contributed by atoms with Gasteiger partial charge in [0.15, 0.2) is 5.75 Å². The molecule has 5 heteroatoms. The summed E-state index contributed by atoms with van der Waals surface area (Å²) in [5.74, 6) is -0.341. The molecule has 0 fully saturated rings. The molecule has 2 aromatic carbocycles. The van der Waals surface area contributed by atoms with Gasteiger partial charge in [-0.15, -0.1) is 0 Å². The van der Waals surface area contributed by atoms with Crippen LogP contribution < -0.4 is 4.74 Å². The molecule has 0 amide bonds. The Labute approximate surface area is 144 Å². The number of H-pyrrole nitrogens is 1. The maximum Gasteiger partial charge on any atom is 0.311 e. The molecule has 0 unspecified atom stereocenters. The summed E-state index contributed by atoms with van der Waals surface area (Å²) in [5, 5.41) is 1.19. The summed E-state index contributed by atoms with van der Waals surface area (Å²) in [6, 6.07) is 14.0. The third-order valence-corrected chi connectivity index (χ3v) is 3.88. The van der Waals surface area contributed by atoms with E-state index < -0.39 is 0 Å². The number of rotatable bonds is 5. The van der Waals surface area contributed by atoms with Crippen molar-refractivity contribution in [1.29, 1.82) is 0 Å². The largest absolute Gasteiger partial charge is 0.423 e. The first-order chi connectivity index (χ1) is 11.6. The molecule has 0 aliphatic rings. The summed E-state index contributed by atoms with van der Waals surface area (Å²) in [6.45, 7) is 1.90. The van der Waals surface area contributed by atoms with Gasteiger partial charge in [0, 0.05) is 22.4 Å². The molecule has 4 nitrogen and oxygen atoms in total. The van der Waals surface area contributed by atoms with Gasteiger partial charge in [0.25, 0.3) is 0 Å². The number of ketones is 1. The molecule has 0 bridgehead atoms. The second-order valence-corrected chi connectivity index (χ2v) is 5.87. The molecule has 3 rings (SSSR count). The molecule has 122 valence electrons. The minimum Gasteiger partial charge on any atom is -0.423 e. The van der Waals surface area contributed by atoms with Crippen molar-refractivity contribution in [2.24, 2.45) is 0 Å². The lowest BCUT2D eigenvalue weighted by molar-refractivity contribution is -0.134. The van der Waals surface area contributed by atoms with Crippen LogP contribution in [0.3, 0.4) is 0 Å². The van der Waals surface area contributed by atoms with E-state index in [1.807, 2.05) is 13.0 Å². The molecule has 3 aromatic rings. The monoisotopic (exact) mass is 341 g/mol. The van der Waals surface area contributed by atoms with Crippen LogP contribution in [0.2, 0.25) is 5.02 Å². The Bertz CT molecular complexity index is 900. The number of aromatic nitrogens is 1. The minimum atomic E-state index is -0.365. The van der Waals surface area contributed by atoms with E-state index in [1.54, 1.807) is 42.5 Å². The van der Waals surface area contributed by atoms with Crippen molar-refractivity contribution in [3.05, 3.63) is 64.8 Å². The molecule has 1 heterocycles. The fourth-order valence-electron chi connectivity index (χ4n) is 2.51. The summed E-state index contributed by atoms with van der Waals surface area (Å²) in [5.41, 5.74) is 1.42. The zero-order valence-electron chi connectivity index (χ0n) is 13.1. The number of carbonyl (C=O) groups is 2. The van der Waals surface area contributed by atoms with Crippen molar-refractivity contribution >= 4 is 34.3 Å². The number of nitrogens with one attached hydrogen (secondary N) is 1. The Hall–Kier alpha value is -2.59. The average molecular weight is 342 g/mol. The summed E-state index contributed by atoms with van der Waals surface area (Å²) in [7, 11) is 0. The molecule has 0 radical (unpaired) electrons. The summed E-state index contributed by atoms with van der Waals surface area (Å²) < 4.78 is 5.49. The molecule has 0 aliphatic heterocycles. The number of halogens is 1. The number of ether oxygens (including phenoxy) is 1. The number of benzene rings is 2. The van der Waals surface area contributed by atoms with Crippen LogP contribution in [0.15, 0.2) is 48.5 Å². The van der Waals surface area contributed by atoms with Gasteiger partial charge in [-0.3, -0.25) is 9.59 Å². The first-order valence-electron chi connectivity index (χ1n) is 7.71. The van der Waals surface area contributed by atoms with Gasteiger partial charge in [0.1, 0.15) is 5.69 Å². The summed E-state index contributed by atoms with van der Waals surface area (Å²) in [4.78, 5) is 27.8. The molecule has 0 spiro atoms. The number of esters is 1. The quantitative estimate of drug-likeness (QED) is 0.537.